The first-order chi connectivity index (χ1) is 7.38. The van der Waals surface area contributed by atoms with Gasteiger partial charge >= 0.3 is 12.0 Å². The molecule has 0 rings (SSSR count). The lowest BCUT2D eigenvalue weighted by Gasteiger charge is -2.14. The largest absolute Gasteiger partial charge is 0.479 e. The number of nitrogens with two attached hydrogens (primary N) is 1. The van der Waals surface area contributed by atoms with Gasteiger partial charge in [0.25, 0.3) is 0 Å². The lowest BCUT2D eigenvalue weighted by atomic mass is 10.3. The van der Waals surface area contributed by atoms with Crippen LogP contribution in [0.5, 0.6) is 0 Å². The summed E-state index contributed by atoms with van der Waals surface area (Å²) in [5, 5.41) is 13.0. The molecule has 2 atom stereocenters. The molecule has 0 radical (unpaired) electrons. The second-order valence-corrected chi connectivity index (χ2v) is 3.04. The predicted molar refractivity (Wildman–Crippen MR) is 53.6 cm³/mol. The Kier molecular flexibility index (Phi) is 5.86. The van der Waals surface area contributed by atoms with Crippen molar-refractivity contribution in [3.63, 3.8) is 0 Å². The molecule has 5 N–H and O–H groups in total. The van der Waals surface area contributed by atoms with E-state index in [0.29, 0.717) is 0 Å². The van der Waals surface area contributed by atoms with Gasteiger partial charge in [-0.15, -0.1) is 0 Å². The molecule has 16 heavy (non-hydrogen) atoms. The van der Waals surface area contributed by atoms with E-state index in [4.69, 9.17) is 10.8 Å². The monoisotopic (exact) mass is 233 g/mol. The normalized spacial score (nSPS) is 13.6. The van der Waals surface area contributed by atoms with E-state index in [0.717, 1.165) is 0 Å². The number of methoxy groups -OCH3 is 1. The Bertz CT molecular complexity index is 281. The number of hydrogen-bond acceptors (Lipinski definition) is 4. The van der Waals surface area contributed by atoms with Gasteiger partial charge in [0.15, 0.2) is 6.10 Å². The highest BCUT2D eigenvalue weighted by atomic mass is 16.5. The van der Waals surface area contributed by atoms with Crippen molar-refractivity contribution in [1.29, 1.82) is 0 Å². The zero-order chi connectivity index (χ0) is 12.7. The summed E-state index contributed by atoms with van der Waals surface area (Å²) >= 11 is 0. The summed E-state index contributed by atoms with van der Waals surface area (Å²) in [6.45, 7) is 1.20. The Labute approximate surface area is 92.1 Å². The average Bonchev–Trinajstić information content (AvgIpc) is 2.17. The lowest BCUT2D eigenvalue weighted by Crippen LogP contribution is -2.49. The molecule has 0 aliphatic rings. The molecule has 0 aliphatic carbocycles. The summed E-state index contributed by atoms with van der Waals surface area (Å²) in [7, 11) is 1.21. The fourth-order valence-corrected chi connectivity index (χ4v) is 0.776. The minimum atomic E-state index is -1.19. The molecule has 0 aromatic heterocycles. The second-order valence-electron chi connectivity index (χ2n) is 3.04. The minimum Gasteiger partial charge on any atom is -0.479 e. The maximum absolute atomic E-state index is 11.1. The summed E-state index contributed by atoms with van der Waals surface area (Å²) in [6.07, 6.45) is -1.13. The van der Waals surface area contributed by atoms with Crippen LogP contribution in [0.25, 0.3) is 0 Å². The summed E-state index contributed by atoms with van der Waals surface area (Å²) in [5.74, 6) is -1.87. The number of ether oxygens (including phenoxy) is 1. The average molecular weight is 233 g/mol. The first-order valence-corrected chi connectivity index (χ1v) is 4.47. The highest BCUT2D eigenvalue weighted by Crippen LogP contribution is 1.87. The third kappa shape index (κ3) is 5.15. The summed E-state index contributed by atoms with van der Waals surface area (Å²) in [6, 6.07) is -1.51. The summed E-state index contributed by atoms with van der Waals surface area (Å²) < 4.78 is 4.58. The van der Waals surface area contributed by atoms with Gasteiger partial charge in [-0.2, -0.15) is 0 Å². The Hall–Kier alpha value is -1.83. The Morgan fingerprint density at radius 2 is 2.00 bits per heavy atom. The number of nitrogens with one attached hydrogen (secondary N) is 2. The number of aliphatic carboxylic acids is 1. The quantitative estimate of drug-likeness (QED) is 0.432. The standard InChI is InChI=1S/C8H15N3O5/c1-4(6(9)12)11-8(15)10-3-5(16-2)7(13)14/h4-5H,3H2,1-2H3,(H2,9,12)(H,13,14)(H2,10,11,15). The molecule has 8 nitrogen and oxygen atoms in total. The van der Waals surface area contributed by atoms with Crippen LogP contribution in [0.15, 0.2) is 0 Å². The number of hydrogen-bond donors (Lipinski definition) is 4. The molecule has 92 valence electrons. The molecule has 0 aromatic carbocycles. The van der Waals surface area contributed by atoms with Crippen LogP contribution in [-0.2, 0) is 14.3 Å². The van der Waals surface area contributed by atoms with E-state index in [1.807, 2.05) is 0 Å². The van der Waals surface area contributed by atoms with E-state index in [-0.39, 0.29) is 6.54 Å². The number of urea groups is 1. The number of carboxylic acid groups (broad SMARTS) is 1. The van der Waals surface area contributed by atoms with E-state index in [1.54, 1.807) is 0 Å². The van der Waals surface area contributed by atoms with Crippen molar-refractivity contribution in [2.45, 2.75) is 19.1 Å². The van der Waals surface area contributed by atoms with Crippen LogP contribution in [0.4, 0.5) is 4.79 Å². The van der Waals surface area contributed by atoms with Crippen molar-refractivity contribution in [3.8, 4) is 0 Å². The molecule has 0 aromatic rings. The molecular weight excluding hydrogens is 218 g/mol. The highest BCUT2D eigenvalue weighted by Gasteiger charge is 2.18. The van der Waals surface area contributed by atoms with Crippen molar-refractivity contribution < 1.29 is 24.2 Å². The highest BCUT2D eigenvalue weighted by molar-refractivity contribution is 5.85. The number of primary amides is 1. The number of carbonyl (C=O) groups is 3. The van der Waals surface area contributed by atoms with Gasteiger partial charge in [-0.05, 0) is 6.92 Å². The Balaban J connectivity index is 3.97. The molecule has 0 fully saturated rings. The summed E-state index contributed by atoms with van der Waals surface area (Å²) in [4.78, 5) is 32.2. The first kappa shape index (κ1) is 14.2. The van der Waals surface area contributed by atoms with Crippen LogP contribution >= 0.6 is 0 Å². The molecule has 0 aliphatic heterocycles. The van der Waals surface area contributed by atoms with Gasteiger partial charge in [-0.1, -0.05) is 0 Å². The molecule has 0 heterocycles. The molecular formula is C8H15N3O5. The zero-order valence-corrected chi connectivity index (χ0v) is 9.02. The van der Waals surface area contributed by atoms with Crippen molar-refractivity contribution >= 4 is 17.9 Å². The Morgan fingerprint density at radius 3 is 2.38 bits per heavy atom. The van der Waals surface area contributed by atoms with E-state index in [1.165, 1.54) is 14.0 Å². The summed E-state index contributed by atoms with van der Waals surface area (Å²) in [5.41, 5.74) is 4.91. The topological polar surface area (TPSA) is 131 Å². The third-order valence-electron chi connectivity index (χ3n) is 1.78. The van der Waals surface area contributed by atoms with Crippen molar-refractivity contribution in [2.75, 3.05) is 13.7 Å². The minimum absolute atomic E-state index is 0.205. The van der Waals surface area contributed by atoms with Crippen LogP contribution in [0.2, 0.25) is 0 Å². The van der Waals surface area contributed by atoms with Crippen LogP contribution < -0.4 is 16.4 Å². The Morgan fingerprint density at radius 1 is 1.44 bits per heavy atom. The van der Waals surface area contributed by atoms with Crippen LogP contribution in [0, 0.1) is 0 Å². The number of amides is 3. The van der Waals surface area contributed by atoms with Gasteiger partial charge in [0.1, 0.15) is 6.04 Å². The van der Waals surface area contributed by atoms with Gasteiger partial charge in [-0.25, -0.2) is 9.59 Å². The van der Waals surface area contributed by atoms with Crippen molar-refractivity contribution in [3.05, 3.63) is 0 Å². The zero-order valence-electron chi connectivity index (χ0n) is 9.02. The van der Waals surface area contributed by atoms with Gasteiger partial charge in [0.05, 0.1) is 6.54 Å². The molecule has 3 amide bonds. The van der Waals surface area contributed by atoms with E-state index < -0.39 is 30.1 Å². The maximum Gasteiger partial charge on any atom is 0.334 e. The molecule has 2 unspecified atom stereocenters. The molecule has 0 saturated carbocycles. The molecule has 8 heteroatoms. The third-order valence-corrected chi connectivity index (χ3v) is 1.78. The number of carboxylic acids is 1. The molecule has 0 spiro atoms. The van der Waals surface area contributed by atoms with E-state index in [9.17, 15) is 14.4 Å². The smallest absolute Gasteiger partial charge is 0.334 e. The second kappa shape index (κ2) is 6.62. The molecule has 0 bridgehead atoms. The van der Waals surface area contributed by atoms with Gasteiger partial charge in [0, 0.05) is 7.11 Å². The van der Waals surface area contributed by atoms with Gasteiger partial charge in [0.2, 0.25) is 5.91 Å². The van der Waals surface area contributed by atoms with Gasteiger partial charge in [-0.3, -0.25) is 4.79 Å². The first-order valence-electron chi connectivity index (χ1n) is 4.47. The van der Waals surface area contributed by atoms with Gasteiger partial charge < -0.3 is 26.2 Å². The number of carbonyl (C=O) groups excluding carboxylic acids is 2. The predicted octanol–water partition coefficient (Wildman–Crippen LogP) is -1.74. The number of rotatable bonds is 6. The van der Waals surface area contributed by atoms with Crippen LogP contribution in [0.1, 0.15) is 6.92 Å². The maximum atomic E-state index is 11.1. The fraction of sp³-hybridized carbons (Fsp3) is 0.625. The fourth-order valence-electron chi connectivity index (χ4n) is 0.776. The van der Waals surface area contributed by atoms with Crippen molar-refractivity contribution in [1.82, 2.24) is 10.6 Å². The molecule has 0 saturated heterocycles. The van der Waals surface area contributed by atoms with E-state index >= 15 is 0 Å². The van der Waals surface area contributed by atoms with Crippen molar-refractivity contribution in [2.24, 2.45) is 5.73 Å². The van der Waals surface area contributed by atoms with E-state index in [2.05, 4.69) is 15.4 Å². The van der Waals surface area contributed by atoms with Crippen LogP contribution in [0.3, 0.4) is 0 Å². The van der Waals surface area contributed by atoms with Crippen LogP contribution in [-0.4, -0.2) is 48.8 Å². The lowest BCUT2D eigenvalue weighted by molar-refractivity contribution is -0.148. The SMILES string of the molecule is COC(CNC(=O)NC(C)C(N)=O)C(=O)O.